The highest BCUT2D eigenvalue weighted by atomic mass is 32.1. The van der Waals surface area contributed by atoms with Gasteiger partial charge in [-0.2, -0.15) is 0 Å². The van der Waals surface area contributed by atoms with E-state index in [-0.39, 0.29) is 0 Å². The molecule has 0 spiro atoms. The van der Waals surface area contributed by atoms with Crippen molar-refractivity contribution in [3.63, 3.8) is 0 Å². The molecular formula is C17H30N2OS. The monoisotopic (exact) mass is 310 g/mol. The molecule has 0 bridgehead atoms. The van der Waals surface area contributed by atoms with E-state index < -0.39 is 0 Å². The maximum atomic E-state index is 11.9. The predicted molar refractivity (Wildman–Crippen MR) is 92.4 cm³/mol. The molecule has 0 saturated heterocycles. The number of carbonyl (C=O) groups is 1. The molecule has 0 amide bonds. The van der Waals surface area contributed by atoms with Gasteiger partial charge in [0.1, 0.15) is 0 Å². The van der Waals surface area contributed by atoms with E-state index in [0.717, 1.165) is 44.0 Å². The molecule has 21 heavy (non-hydrogen) atoms. The molecule has 0 unspecified atom stereocenters. The van der Waals surface area contributed by atoms with Crippen molar-refractivity contribution in [1.82, 2.24) is 9.80 Å². The number of thiophene rings is 1. The van der Waals surface area contributed by atoms with E-state index in [4.69, 9.17) is 0 Å². The Kier molecular flexibility index (Phi) is 9.55. The lowest BCUT2D eigenvalue weighted by atomic mass is 10.2. The smallest absolute Gasteiger partial charge is 0.172 e. The highest BCUT2D eigenvalue weighted by Crippen LogP contribution is 2.12. The quantitative estimate of drug-likeness (QED) is 0.549. The number of hydrogen-bond acceptors (Lipinski definition) is 4. The maximum Gasteiger partial charge on any atom is 0.172 e. The molecule has 4 heteroatoms. The van der Waals surface area contributed by atoms with Crippen LogP contribution in [0.3, 0.4) is 0 Å². The number of hydrogen-bond donors (Lipinski definition) is 0. The van der Waals surface area contributed by atoms with E-state index in [1.54, 1.807) is 11.3 Å². The van der Waals surface area contributed by atoms with Crippen molar-refractivity contribution in [2.45, 2.75) is 40.0 Å². The van der Waals surface area contributed by atoms with Gasteiger partial charge in [-0.15, -0.1) is 11.3 Å². The molecule has 120 valence electrons. The minimum absolute atomic E-state index is 0.296. The summed E-state index contributed by atoms with van der Waals surface area (Å²) in [6, 6.07) is 3.87. The number of rotatable bonds is 12. The van der Waals surface area contributed by atoms with Gasteiger partial charge in [-0.25, -0.2) is 0 Å². The summed E-state index contributed by atoms with van der Waals surface area (Å²) in [6.07, 6.45) is 2.86. The third-order valence-electron chi connectivity index (χ3n) is 3.96. The van der Waals surface area contributed by atoms with Crippen molar-refractivity contribution in [3.05, 3.63) is 22.4 Å². The summed E-state index contributed by atoms with van der Waals surface area (Å²) in [4.78, 5) is 17.8. The maximum absolute atomic E-state index is 11.9. The first-order valence-corrected chi connectivity index (χ1v) is 9.10. The SMILES string of the molecule is CCN(CC)CCCN(CC)CCCC(=O)c1cccs1. The average molecular weight is 311 g/mol. The number of Topliss-reactive ketones (excluding diaryl/α,β-unsaturated/α-hetero) is 1. The third-order valence-corrected chi connectivity index (χ3v) is 4.88. The first-order chi connectivity index (χ1) is 10.2. The summed E-state index contributed by atoms with van der Waals surface area (Å²) in [7, 11) is 0. The van der Waals surface area contributed by atoms with E-state index >= 15 is 0 Å². The van der Waals surface area contributed by atoms with Crippen LogP contribution in [0, 0.1) is 0 Å². The number of nitrogens with zero attached hydrogens (tertiary/aromatic N) is 2. The van der Waals surface area contributed by atoms with Gasteiger partial charge in [0.05, 0.1) is 4.88 Å². The van der Waals surface area contributed by atoms with Crippen LogP contribution in [0.5, 0.6) is 0 Å². The van der Waals surface area contributed by atoms with Crippen LogP contribution in [-0.4, -0.2) is 54.9 Å². The predicted octanol–water partition coefficient (Wildman–Crippen LogP) is 3.76. The van der Waals surface area contributed by atoms with Crippen molar-refractivity contribution < 1.29 is 4.79 Å². The highest BCUT2D eigenvalue weighted by molar-refractivity contribution is 7.12. The summed E-state index contributed by atoms with van der Waals surface area (Å²) in [5.74, 6) is 0.296. The number of carbonyl (C=O) groups excluding carboxylic acids is 1. The Hall–Kier alpha value is -0.710. The molecule has 0 aliphatic rings. The fourth-order valence-corrected chi connectivity index (χ4v) is 3.20. The highest BCUT2D eigenvalue weighted by Gasteiger charge is 2.08. The van der Waals surface area contributed by atoms with Crippen LogP contribution in [-0.2, 0) is 0 Å². The minimum atomic E-state index is 0.296. The molecule has 0 radical (unpaired) electrons. The van der Waals surface area contributed by atoms with Crippen LogP contribution >= 0.6 is 11.3 Å². The van der Waals surface area contributed by atoms with Gasteiger partial charge in [-0.3, -0.25) is 4.79 Å². The topological polar surface area (TPSA) is 23.6 Å². The van der Waals surface area contributed by atoms with Gasteiger partial charge in [-0.1, -0.05) is 26.8 Å². The van der Waals surface area contributed by atoms with Gasteiger partial charge in [0.2, 0.25) is 0 Å². The van der Waals surface area contributed by atoms with Crippen LogP contribution in [0.4, 0.5) is 0 Å². The van der Waals surface area contributed by atoms with E-state index in [2.05, 4.69) is 30.6 Å². The zero-order valence-corrected chi connectivity index (χ0v) is 14.6. The Morgan fingerprint density at radius 2 is 1.62 bits per heavy atom. The molecular weight excluding hydrogens is 280 g/mol. The Labute approximate surface area is 133 Å². The molecule has 1 aromatic rings. The zero-order chi connectivity index (χ0) is 15.5. The molecule has 0 fully saturated rings. The minimum Gasteiger partial charge on any atom is -0.304 e. The Balaban J connectivity index is 2.17. The van der Waals surface area contributed by atoms with Gasteiger partial charge < -0.3 is 9.80 Å². The lowest BCUT2D eigenvalue weighted by molar-refractivity contribution is 0.0978. The van der Waals surface area contributed by atoms with Gasteiger partial charge >= 0.3 is 0 Å². The molecule has 0 N–H and O–H groups in total. The second-order valence-corrected chi connectivity index (χ2v) is 6.27. The molecule has 1 heterocycles. The molecule has 0 aliphatic heterocycles. The molecule has 1 rings (SSSR count). The van der Waals surface area contributed by atoms with E-state index in [1.165, 1.54) is 13.0 Å². The van der Waals surface area contributed by atoms with E-state index in [1.807, 2.05) is 17.5 Å². The molecule has 3 nitrogen and oxygen atoms in total. The summed E-state index contributed by atoms with van der Waals surface area (Å²) in [5.41, 5.74) is 0. The normalized spacial score (nSPS) is 11.5. The standard InChI is InChI=1S/C17H30N2OS/c1-4-18(5-2)13-9-14-19(6-3)12-7-10-16(20)17-11-8-15-21-17/h8,11,15H,4-7,9-10,12-14H2,1-3H3. The summed E-state index contributed by atoms with van der Waals surface area (Å²) < 4.78 is 0. The van der Waals surface area contributed by atoms with Crippen molar-refractivity contribution in [3.8, 4) is 0 Å². The van der Waals surface area contributed by atoms with E-state index in [0.29, 0.717) is 12.2 Å². The fourth-order valence-electron chi connectivity index (χ4n) is 2.51. The van der Waals surface area contributed by atoms with Gasteiger partial charge in [0, 0.05) is 6.42 Å². The lowest BCUT2D eigenvalue weighted by Gasteiger charge is -2.23. The number of ketones is 1. The Bertz CT molecular complexity index is 374. The van der Waals surface area contributed by atoms with Crippen LogP contribution < -0.4 is 0 Å². The molecule has 0 aromatic carbocycles. The van der Waals surface area contributed by atoms with E-state index in [9.17, 15) is 4.79 Å². The van der Waals surface area contributed by atoms with Crippen LogP contribution in [0.1, 0.15) is 49.7 Å². The van der Waals surface area contributed by atoms with Crippen molar-refractivity contribution in [2.24, 2.45) is 0 Å². The average Bonchev–Trinajstić information content (AvgIpc) is 3.04. The van der Waals surface area contributed by atoms with Crippen molar-refractivity contribution in [2.75, 3.05) is 39.3 Å². The first kappa shape index (κ1) is 18.3. The van der Waals surface area contributed by atoms with Crippen LogP contribution in [0.15, 0.2) is 17.5 Å². The summed E-state index contributed by atoms with van der Waals surface area (Å²) in [5, 5.41) is 1.97. The first-order valence-electron chi connectivity index (χ1n) is 8.22. The van der Waals surface area contributed by atoms with Crippen LogP contribution in [0.25, 0.3) is 0 Å². The Morgan fingerprint density at radius 1 is 1.00 bits per heavy atom. The zero-order valence-electron chi connectivity index (χ0n) is 13.8. The molecule has 0 atom stereocenters. The second-order valence-electron chi connectivity index (χ2n) is 5.32. The summed E-state index contributed by atoms with van der Waals surface area (Å²) in [6.45, 7) is 13.3. The Morgan fingerprint density at radius 3 is 2.19 bits per heavy atom. The van der Waals surface area contributed by atoms with Crippen LogP contribution in [0.2, 0.25) is 0 Å². The van der Waals surface area contributed by atoms with Gasteiger partial charge in [-0.05, 0) is 63.6 Å². The van der Waals surface area contributed by atoms with Gasteiger partial charge in [0.25, 0.3) is 0 Å². The van der Waals surface area contributed by atoms with Crippen molar-refractivity contribution >= 4 is 17.1 Å². The van der Waals surface area contributed by atoms with Crippen molar-refractivity contribution in [1.29, 1.82) is 0 Å². The summed E-state index contributed by atoms with van der Waals surface area (Å²) >= 11 is 1.55. The fraction of sp³-hybridized carbons (Fsp3) is 0.706. The lowest BCUT2D eigenvalue weighted by Crippen LogP contribution is -2.30. The second kappa shape index (κ2) is 10.9. The molecule has 1 aromatic heterocycles. The molecule has 0 saturated carbocycles. The third kappa shape index (κ3) is 7.21. The molecule has 0 aliphatic carbocycles. The van der Waals surface area contributed by atoms with Gasteiger partial charge in [0.15, 0.2) is 5.78 Å². The largest absolute Gasteiger partial charge is 0.304 e.